The molecule has 0 aliphatic heterocycles. The van der Waals surface area contributed by atoms with Crippen LogP contribution in [0.15, 0.2) is 59.6 Å². The summed E-state index contributed by atoms with van der Waals surface area (Å²) in [5.41, 5.74) is 2.58. The van der Waals surface area contributed by atoms with Gasteiger partial charge in [0.1, 0.15) is 5.75 Å². The molecule has 0 radical (unpaired) electrons. The van der Waals surface area contributed by atoms with Crippen molar-refractivity contribution in [2.24, 2.45) is 0 Å². The van der Waals surface area contributed by atoms with Crippen LogP contribution >= 0.6 is 11.3 Å². The summed E-state index contributed by atoms with van der Waals surface area (Å²) in [5.74, 6) is 0.761. The summed E-state index contributed by atoms with van der Waals surface area (Å²) < 4.78 is 5.76. The number of ether oxygens (including phenoxy) is 1. The molecular formula is C20H24N4OS. The molecule has 0 spiro atoms. The molecular weight excluding hydrogens is 344 g/mol. The van der Waals surface area contributed by atoms with E-state index in [4.69, 9.17) is 4.74 Å². The lowest BCUT2D eigenvalue weighted by molar-refractivity contribution is 0.226. The van der Waals surface area contributed by atoms with Crippen molar-refractivity contribution < 1.29 is 4.74 Å². The van der Waals surface area contributed by atoms with Crippen LogP contribution in [0, 0.1) is 0 Å². The summed E-state index contributed by atoms with van der Waals surface area (Å²) in [4.78, 5) is 12.9. The van der Waals surface area contributed by atoms with Crippen LogP contribution in [-0.4, -0.2) is 47.0 Å². The minimum atomic E-state index is 0.368. The van der Waals surface area contributed by atoms with Crippen LogP contribution in [-0.2, 0) is 13.1 Å². The van der Waals surface area contributed by atoms with E-state index in [-0.39, 0.29) is 0 Å². The second-order valence-electron chi connectivity index (χ2n) is 6.43. The van der Waals surface area contributed by atoms with Gasteiger partial charge in [-0.15, -0.1) is 0 Å². The van der Waals surface area contributed by atoms with Crippen molar-refractivity contribution in [2.75, 3.05) is 27.2 Å². The van der Waals surface area contributed by atoms with Crippen molar-refractivity contribution in [3.63, 3.8) is 0 Å². The zero-order valence-corrected chi connectivity index (χ0v) is 16.0. The summed E-state index contributed by atoms with van der Waals surface area (Å²) in [5, 5.41) is 4.35. The first-order valence-corrected chi connectivity index (χ1v) is 9.55. The second-order valence-corrected chi connectivity index (χ2v) is 7.21. The van der Waals surface area contributed by atoms with E-state index < -0.39 is 0 Å². The Morgan fingerprint density at radius 2 is 1.77 bits per heavy atom. The van der Waals surface area contributed by atoms with Crippen LogP contribution in [0.5, 0.6) is 11.8 Å². The number of nitrogens with zero attached hydrogens (tertiary/aromatic N) is 4. The molecule has 26 heavy (non-hydrogen) atoms. The molecule has 0 amide bonds. The Morgan fingerprint density at radius 3 is 2.50 bits per heavy atom. The van der Waals surface area contributed by atoms with Crippen molar-refractivity contribution >= 4 is 11.3 Å². The molecule has 2 aromatic heterocycles. The van der Waals surface area contributed by atoms with Gasteiger partial charge in [-0.2, -0.15) is 11.3 Å². The molecule has 2 heterocycles. The number of benzene rings is 1. The highest BCUT2D eigenvalue weighted by Gasteiger charge is 2.09. The van der Waals surface area contributed by atoms with Gasteiger partial charge in [-0.25, -0.2) is 9.97 Å². The van der Waals surface area contributed by atoms with Gasteiger partial charge in [-0.05, 0) is 60.2 Å². The molecule has 0 bridgehead atoms. The predicted molar refractivity (Wildman–Crippen MR) is 106 cm³/mol. The van der Waals surface area contributed by atoms with E-state index in [1.54, 1.807) is 29.8 Å². The number of thiophene rings is 1. The minimum Gasteiger partial charge on any atom is -0.424 e. The van der Waals surface area contributed by atoms with Crippen molar-refractivity contribution in [3.8, 4) is 11.8 Å². The summed E-state index contributed by atoms with van der Waals surface area (Å²) in [6, 6.07) is 12.5. The van der Waals surface area contributed by atoms with Gasteiger partial charge >= 0.3 is 6.01 Å². The van der Waals surface area contributed by atoms with E-state index in [0.29, 0.717) is 6.01 Å². The average molecular weight is 369 g/mol. The molecule has 0 aliphatic rings. The maximum atomic E-state index is 5.76. The first-order valence-electron chi connectivity index (χ1n) is 8.61. The van der Waals surface area contributed by atoms with Crippen LogP contribution in [0.25, 0.3) is 0 Å². The fraction of sp³-hybridized carbons (Fsp3) is 0.300. The zero-order chi connectivity index (χ0) is 18.2. The molecule has 0 N–H and O–H groups in total. The summed E-state index contributed by atoms with van der Waals surface area (Å²) in [6.45, 7) is 3.86. The second kappa shape index (κ2) is 9.43. The van der Waals surface area contributed by atoms with E-state index in [0.717, 1.165) is 31.9 Å². The predicted octanol–water partition coefficient (Wildman–Crippen LogP) is 3.89. The van der Waals surface area contributed by atoms with Crippen molar-refractivity contribution in [1.29, 1.82) is 0 Å². The summed E-state index contributed by atoms with van der Waals surface area (Å²) in [6.07, 6.45) is 3.35. The van der Waals surface area contributed by atoms with Gasteiger partial charge in [0.25, 0.3) is 0 Å². The summed E-state index contributed by atoms with van der Waals surface area (Å²) in [7, 11) is 4.22. The van der Waals surface area contributed by atoms with Gasteiger partial charge in [0.15, 0.2) is 0 Å². The van der Waals surface area contributed by atoms with Gasteiger partial charge in [-0.3, -0.25) is 4.90 Å². The van der Waals surface area contributed by atoms with Gasteiger partial charge in [0.05, 0.1) is 0 Å². The van der Waals surface area contributed by atoms with Crippen molar-refractivity contribution in [2.45, 2.75) is 13.1 Å². The average Bonchev–Trinajstić information content (AvgIpc) is 3.14. The maximum Gasteiger partial charge on any atom is 0.321 e. The van der Waals surface area contributed by atoms with E-state index in [1.807, 2.05) is 12.1 Å². The van der Waals surface area contributed by atoms with Crippen LogP contribution < -0.4 is 4.74 Å². The Kier molecular flexibility index (Phi) is 6.71. The quantitative estimate of drug-likeness (QED) is 0.573. The molecule has 0 saturated carbocycles. The van der Waals surface area contributed by atoms with Crippen molar-refractivity contribution in [3.05, 3.63) is 70.7 Å². The standard InChI is InChI=1S/C20H24N4OS/c1-23(2)10-11-24(15-18-7-12-26-16-18)14-17-5-3-6-19(13-17)25-20-21-8-4-9-22-20/h3-9,12-13,16H,10-11,14-15H2,1-2H3. The molecule has 3 rings (SSSR count). The molecule has 136 valence electrons. The number of hydrogen-bond donors (Lipinski definition) is 0. The third-order valence-corrected chi connectivity index (χ3v) is 4.64. The number of likely N-dealkylation sites (N-methyl/N-ethyl adjacent to an activating group) is 1. The molecule has 0 aliphatic carbocycles. The topological polar surface area (TPSA) is 41.5 Å². The molecule has 0 fully saturated rings. The van der Waals surface area contributed by atoms with Gasteiger partial charge in [0.2, 0.25) is 0 Å². The first-order chi connectivity index (χ1) is 12.7. The normalized spacial score (nSPS) is 11.2. The zero-order valence-electron chi connectivity index (χ0n) is 15.2. The Morgan fingerprint density at radius 1 is 0.962 bits per heavy atom. The maximum absolute atomic E-state index is 5.76. The van der Waals surface area contributed by atoms with E-state index >= 15 is 0 Å². The highest BCUT2D eigenvalue weighted by molar-refractivity contribution is 7.07. The molecule has 6 heteroatoms. The summed E-state index contributed by atoms with van der Waals surface area (Å²) >= 11 is 1.74. The monoisotopic (exact) mass is 368 g/mol. The van der Waals surface area contributed by atoms with Gasteiger partial charge < -0.3 is 9.64 Å². The van der Waals surface area contributed by atoms with Gasteiger partial charge in [-0.1, -0.05) is 12.1 Å². The lowest BCUT2D eigenvalue weighted by Crippen LogP contribution is -2.31. The minimum absolute atomic E-state index is 0.368. The number of aromatic nitrogens is 2. The molecule has 0 saturated heterocycles. The van der Waals surface area contributed by atoms with Crippen LogP contribution in [0.2, 0.25) is 0 Å². The Bertz CT molecular complexity index is 778. The fourth-order valence-electron chi connectivity index (χ4n) is 2.61. The molecule has 0 unspecified atom stereocenters. The number of rotatable bonds is 9. The number of hydrogen-bond acceptors (Lipinski definition) is 6. The molecule has 1 aromatic carbocycles. The molecule has 3 aromatic rings. The highest BCUT2D eigenvalue weighted by Crippen LogP contribution is 2.20. The third-order valence-electron chi connectivity index (χ3n) is 3.91. The Labute approximate surface area is 158 Å². The van der Waals surface area contributed by atoms with Gasteiger partial charge in [0, 0.05) is 38.6 Å². The smallest absolute Gasteiger partial charge is 0.321 e. The molecule has 5 nitrogen and oxygen atoms in total. The SMILES string of the molecule is CN(C)CCN(Cc1ccsc1)Cc1cccc(Oc2ncccn2)c1. The van der Waals surface area contributed by atoms with Crippen LogP contribution in [0.4, 0.5) is 0 Å². The lowest BCUT2D eigenvalue weighted by atomic mass is 10.2. The Balaban J connectivity index is 1.68. The third kappa shape index (κ3) is 5.91. The first kappa shape index (κ1) is 18.5. The van der Waals surface area contributed by atoms with E-state index in [1.165, 1.54) is 11.1 Å². The molecule has 0 atom stereocenters. The highest BCUT2D eigenvalue weighted by atomic mass is 32.1. The van der Waals surface area contributed by atoms with Crippen LogP contribution in [0.1, 0.15) is 11.1 Å². The Hall–Kier alpha value is -2.28. The fourth-order valence-corrected chi connectivity index (χ4v) is 3.27. The van der Waals surface area contributed by atoms with E-state index in [2.05, 4.69) is 62.8 Å². The van der Waals surface area contributed by atoms with E-state index in [9.17, 15) is 0 Å². The largest absolute Gasteiger partial charge is 0.424 e. The lowest BCUT2D eigenvalue weighted by Gasteiger charge is -2.24. The van der Waals surface area contributed by atoms with Crippen LogP contribution in [0.3, 0.4) is 0 Å². The van der Waals surface area contributed by atoms with Crippen molar-refractivity contribution in [1.82, 2.24) is 19.8 Å².